The quantitative estimate of drug-likeness (QED) is 0.806. The molecule has 0 spiro atoms. The molecule has 4 nitrogen and oxygen atoms in total. The van der Waals surface area contributed by atoms with Crippen LogP contribution in [0.15, 0.2) is 0 Å². The first-order valence-electron chi connectivity index (χ1n) is 8.08. The molecule has 1 amide bonds. The number of piperidine rings is 1. The van der Waals surface area contributed by atoms with Gasteiger partial charge in [-0.05, 0) is 44.7 Å². The molecule has 1 aliphatic heterocycles. The summed E-state index contributed by atoms with van der Waals surface area (Å²) in [6, 6.07) is 2.38. The van der Waals surface area contributed by atoms with Gasteiger partial charge < -0.3 is 5.32 Å². The second-order valence-corrected chi connectivity index (χ2v) is 6.61. The molecule has 0 radical (unpaired) electrons. The number of likely N-dealkylation sites (tertiary alicyclic amines) is 1. The summed E-state index contributed by atoms with van der Waals surface area (Å²) >= 11 is 0. The fraction of sp³-hybridized carbons (Fsp3) is 0.875. The Morgan fingerprint density at radius 1 is 1.25 bits per heavy atom. The van der Waals surface area contributed by atoms with Gasteiger partial charge in [-0.2, -0.15) is 5.26 Å². The molecule has 0 aromatic carbocycles. The van der Waals surface area contributed by atoms with Crippen LogP contribution in [0, 0.1) is 17.2 Å². The van der Waals surface area contributed by atoms with Crippen LogP contribution in [0.2, 0.25) is 0 Å². The lowest BCUT2D eigenvalue weighted by atomic mass is 9.92. The number of nitrogens with one attached hydrogen (secondary N) is 1. The summed E-state index contributed by atoms with van der Waals surface area (Å²) in [5.41, 5.74) is -0.601. The minimum Gasteiger partial charge on any atom is -0.337 e. The van der Waals surface area contributed by atoms with E-state index in [9.17, 15) is 10.1 Å². The number of nitriles is 1. The van der Waals surface area contributed by atoms with Crippen molar-refractivity contribution in [2.24, 2.45) is 5.92 Å². The van der Waals surface area contributed by atoms with E-state index in [0.717, 1.165) is 44.7 Å². The molecule has 1 N–H and O–H groups in total. The summed E-state index contributed by atoms with van der Waals surface area (Å²) < 4.78 is 0. The van der Waals surface area contributed by atoms with Crippen molar-refractivity contribution in [2.45, 2.75) is 63.8 Å². The van der Waals surface area contributed by atoms with Gasteiger partial charge in [0, 0.05) is 0 Å². The number of hydrogen-bond donors (Lipinski definition) is 1. The van der Waals surface area contributed by atoms with Gasteiger partial charge in [0.1, 0.15) is 5.54 Å². The van der Waals surface area contributed by atoms with E-state index < -0.39 is 5.54 Å². The number of amides is 1. The maximum absolute atomic E-state index is 12.2. The van der Waals surface area contributed by atoms with Crippen molar-refractivity contribution in [3.05, 3.63) is 0 Å². The lowest BCUT2D eigenvalue weighted by Gasteiger charge is -2.32. The average Bonchev–Trinajstić information content (AvgIpc) is 2.67. The van der Waals surface area contributed by atoms with E-state index in [1.807, 2.05) is 0 Å². The van der Waals surface area contributed by atoms with E-state index in [4.69, 9.17) is 0 Å². The summed E-state index contributed by atoms with van der Waals surface area (Å²) in [6.45, 7) is 4.74. The van der Waals surface area contributed by atoms with Crippen LogP contribution in [0.1, 0.15) is 58.3 Å². The van der Waals surface area contributed by atoms with Crippen molar-refractivity contribution in [1.82, 2.24) is 10.2 Å². The lowest BCUT2D eigenvalue weighted by Crippen LogP contribution is -2.51. The molecule has 4 heteroatoms. The molecule has 112 valence electrons. The largest absolute Gasteiger partial charge is 0.337 e. The Labute approximate surface area is 122 Å². The SMILES string of the molecule is CC1CCN(CC(=O)NC2(C#N)CCCCCC2)CC1. The van der Waals surface area contributed by atoms with Crippen molar-refractivity contribution < 1.29 is 4.79 Å². The van der Waals surface area contributed by atoms with Crippen LogP contribution in [0.4, 0.5) is 0 Å². The molecule has 0 atom stereocenters. The summed E-state index contributed by atoms with van der Waals surface area (Å²) in [7, 11) is 0. The molecule has 1 aliphatic carbocycles. The van der Waals surface area contributed by atoms with Crippen molar-refractivity contribution in [2.75, 3.05) is 19.6 Å². The zero-order valence-electron chi connectivity index (χ0n) is 12.7. The van der Waals surface area contributed by atoms with Crippen LogP contribution in [-0.4, -0.2) is 36.0 Å². The minimum atomic E-state index is -0.601. The Morgan fingerprint density at radius 2 is 1.85 bits per heavy atom. The van der Waals surface area contributed by atoms with E-state index >= 15 is 0 Å². The van der Waals surface area contributed by atoms with Gasteiger partial charge in [-0.25, -0.2) is 0 Å². The molecule has 1 saturated heterocycles. The van der Waals surface area contributed by atoms with Crippen molar-refractivity contribution in [3.63, 3.8) is 0 Å². The number of hydrogen-bond acceptors (Lipinski definition) is 3. The molecular weight excluding hydrogens is 250 g/mol. The zero-order valence-corrected chi connectivity index (χ0v) is 12.7. The van der Waals surface area contributed by atoms with Gasteiger partial charge >= 0.3 is 0 Å². The Bertz CT molecular complexity index is 358. The highest BCUT2D eigenvalue weighted by atomic mass is 16.2. The fourth-order valence-electron chi connectivity index (χ4n) is 3.33. The van der Waals surface area contributed by atoms with Gasteiger partial charge in [-0.1, -0.05) is 32.6 Å². The first-order chi connectivity index (χ1) is 9.63. The predicted molar refractivity (Wildman–Crippen MR) is 79.0 cm³/mol. The molecule has 0 aromatic rings. The van der Waals surface area contributed by atoms with E-state index in [-0.39, 0.29) is 5.91 Å². The fourth-order valence-corrected chi connectivity index (χ4v) is 3.33. The van der Waals surface area contributed by atoms with Crippen molar-refractivity contribution in [3.8, 4) is 6.07 Å². The molecule has 2 fully saturated rings. The molecular formula is C16H27N3O. The van der Waals surface area contributed by atoms with E-state index in [1.165, 1.54) is 25.7 Å². The van der Waals surface area contributed by atoms with E-state index in [1.54, 1.807) is 0 Å². The standard InChI is InChI=1S/C16H27N3O/c1-14-6-10-19(11-7-14)12-15(20)18-16(13-17)8-4-2-3-5-9-16/h14H,2-12H2,1H3,(H,18,20). The third kappa shape index (κ3) is 4.21. The Balaban J connectivity index is 1.84. The van der Waals surface area contributed by atoms with Crippen LogP contribution in [0.5, 0.6) is 0 Å². The summed E-state index contributed by atoms with van der Waals surface area (Å²) in [5.74, 6) is 0.810. The van der Waals surface area contributed by atoms with Crippen LogP contribution >= 0.6 is 0 Å². The van der Waals surface area contributed by atoms with E-state index in [0.29, 0.717) is 6.54 Å². The molecule has 1 heterocycles. The van der Waals surface area contributed by atoms with Crippen LogP contribution in [0.3, 0.4) is 0 Å². The first kappa shape index (κ1) is 15.3. The topological polar surface area (TPSA) is 56.1 Å². The molecule has 0 bridgehead atoms. The number of nitrogens with zero attached hydrogens (tertiary/aromatic N) is 2. The monoisotopic (exact) mass is 277 g/mol. The van der Waals surface area contributed by atoms with Crippen LogP contribution < -0.4 is 5.32 Å². The van der Waals surface area contributed by atoms with Gasteiger partial charge in [-0.15, -0.1) is 0 Å². The number of carbonyl (C=O) groups is 1. The third-order valence-electron chi connectivity index (χ3n) is 4.79. The van der Waals surface area contributed by atoms with Gasteiger partial charge in [0.05, 0.1) is 12.6 Å². The highest BCUT2D eigenvalue weighted by molar-refractivity contribution is 5.79. The second-order valence-electron chi connectivity index (χ2n) is 6.61. The van der Waals surface area contributed by atoms with Gasteiger partial charge in [0.2, 0.25) is 5.91 Å². The maximum atomic E-state index is 12.2. The summed E-state index contributed by atoms with van der Waals surface area (Å²) in [6.07, 6.45) is 8.45. The van der Waals surface area contributed by atoms with Crippen LogP contribution in [0.25, 0.3) is 0 Å². The molecule has 0 unspecified atom stereocenters. The molecule has 2 rings (SSSR count). The van der Waals surface area contributed by atoms with E-state index in [2.05, 4.69) is 23.2 Å². The number of carbonyl (C=O) groups excluding carboxylic acids is 1. The summed E-state index contributed by atoms with van der Waals surface area (Å²) in [5, 5.41) is 12.5. The van der Waals surface area contributed by atoms with Gasteiger partial charge in [0.25, 0.3) is 0 Å². The smallest absolute Gasteiger partial charge is 0.235 e. The number of rotatable bonds is 3. The third-order valence-corrected chi connectivity index (χ3v) is 4.79. The van der Waals surface area contributed by atoms with Crippen LogP contribution in [-0.2, 0) is 4.79 Å². The lowest BCUT2D eigenvalue weighted by molar-refractivity contribution is -0.124. The molecule has 2 aliphatic rings. The Hall–Kier alpha value is -1.08. The highest BCUT2D eigenvalue weighted by Gasteiger charge is 2.33. The Kier molecular flexibility index (Phi) is 5.42. The second kappa shape index (κ2) is 7.08. The normalized spacial score (nSPS) is 24.6. The predicted octanol–water partition coefficient (Wildman–Crippen LogP) is 2.45. The highest BCUT2D eigenvalue weighted by Crippen LogP contribution is 2.26. The minimum absolute atomic E-state index is 0.0306. The van der Waals surface area contributed by atoms with Gasteiger partial charge in [-0.3, -0.25) is 9.69 Å². The maximum Gasteiger partial charge on any atom is 0.235 e. The van der Waals surface area contributed by atoms with Crippen molar-refractivity contribution >= 4 is 5.91 Å². The van der Waals surface area contributed by atoms with Gasteiger partial charge in [0.15, 0.2) is 0 Å². The van der Waals surface area contributed by atoms with Crippen molar-refractivity contribution in [1.29, 1.82) is 5.26 Å². The summed E-state index contributed by atoms with van der Waals surface area (Å²) in [4.78, 5) is 14.5. The molecule has 1 saturated carbocycles. The molecule has 0 aromatic heterocycles. The first-order valence-corrected chi connectivity index (χ1v) is 8.08. The molecule has 20 heavy (non-hydrogen) atoms. The Morgan fingerprint density at radius 3 is 2.40 bits per heavy atom. The zero-order chi connectivity index (χ0) is 14.4. The average molecular weight is 277 g/mol.